The number of ether oxygens (including phenoxy) is 1. The lowest BCUT2D eigenvalue weighted by molar-refractivity contribution is 0.0517. The summed E-state index contributed by atoms with van der Waals surface area (Å²) >= 11 is 5.36. The van der Waals surface area contributed by atoms with Gasteiger partial charge in [-0.1, -0.05) is 11.6 Å². The summed E-state index contributed by atoms with van der Waals surface area (Å²) in [7, 11) is 0. The van der Waals surface area contributed by atoms with Crippen LogP contribution in [-0.2, 0) is 4.74 Å². The van der Waals surface area contributed by atoms with E-state index in [-0.39, 0.29) is 16.3 Å². The van der Waals surface area contributed by atoms with Crippen molar-refractivity contribution in [1.82, 2.24) is 14.5 Å². The van der Waals surface area contributed by atoms with Crippen molar-refractivity contribution >= 4 is 11.6 Å². The van der Waals surface area contributed by atoms with Gasteiger partial charge in [0.25, 0.3) is 11.1 Å². The van der Waals surface area contributed by atoms with Gasteiger partial charge in [0.15, 0.2) is 0 Å². The number of nitrogens with one attached hydrogen (secondary N) is 2. The van der Waals surface area contributed by atoms with Crippen LogP contribution in [-0.4, -0.2) is 26.2 Å². The van der Waals surface area contributed by atoms with E-state index in [1.54, 1.807) is 0 Å². The van der Waals surface area contributed by atoms with Gasteiger partial charge >= 0.3 is 5.69 Å². The molecule has 1 aliphatic heterocycles. The summed E-state index contributed by atoms with van der Waals surface area (Å²) in [5.41, 5.74) is -2.00. The Morgan fingerprint density at radius 1 is 1.39 bits per heavy atom. The normalized spacial score (nSPS) is 16.7. The predicted molar refractivity (Wildman–Crippen MR) is 79.2 cm³/mol. The largest absolute Gasteiger partial charge is 0.506 e. The number of aromatic hydroxyl groups is 1. The SMILES string of the molecule is O=c1[nH]c(=O)n(C2CCCO2)cc1F.O=c1cc(O)c(Cl)c[nH]1. The van der Waals surface area contributed by atoms with Gasteiger partial charge < -0.3 is 14.8 Å². The van der Waals surface area contributed by atoms with Gasteiger partial charge in [-0.15, -0.1) is 0 Å². The van der Waals surface area contributed by atoms with E-state index in [0.29, 0.717) is 13.0 Å². The highest BCUT2D eigenvalue weighted by atomic mass is 35.5. The van der Waals surface area contributed by atoms with Crippen LogP contribution in [0, 0.1) is 5.82 Å². The van der Waals surface area contributed by atoms with Gasteiger partial charge in [-0.2, -0.15) is 4.39 Å². The number of hydrogen-bond donors (Lipinski definition) is 3. The molecule has 0 saturated carbocycles. The van der Waals surface area contributed by atoms with Gasteiger partial charge in [0, 0.05) is 18.9 Å². The summed E-state index contributed by atoms with van der Waals surface area (Å²) < 4.78 is 19.1. The lowest BCUT2D eigenvalue weighted by atomic mass is 10.3. The Morgan fingerprint density at radius 3 is 2.70 bits per heavy atom. The lowest BCUT2D eigenvalue weighted by Crippen LogP contribution is -2.33. The van der Waals surface area contributed by atoms with E-state index in [0.717, 1.165) is 23.3 Å². The molecule has 1 aliphatic rings. The third-order valence-electron chi connectivity index (χ3n) is 2.99. The summed E-state index contributed by atoms with van der Waals surface area (Å²) in [5, 5.41) is 8.90. The molecule has 1 fully saturated rings. The molecular formula is C13H13ClFN3O5. The van der Waals surface area contributed by atoms with Crippen LogP contribution in [0.25, 0.3) is 0 Å². The van der Waals surface area contributed by atoms with E-state index < -0.39 is 23.3 Å². The second-order valence-electron chi connectivity index (χ2n) is 4.64. The fraction of sp³-hybridized carbons (Fsp3) is 0.308. The van der Waals surface area contributed by atoms with Gasteiger partial charge in [0.05, 0.1) is 11.2 Å². The van der Waals surface area contributed by atoms with Crippen LogP contribution in [0.4, 0.5) is 4.39 Å². The first kappa shape index (κ1) is 17.0. The molecule has 3 heterocycles. The zero-order valence-corrected chi connectivity index (χ0v) is 12.5. The van der Waals surface area contributed by atoms with Crippen molar-refractivity contribution in [2.75, 3.05) is 6.61 Å². The highest BCUT2D eigenvalue weighted by Gasteiger charge is 2.19. The van der Waals surface area contributed by atoms with Crippen LogP contribution < -0.4 is 16.8 Å². The molecule has 3 N–H and O–H groups in total. The fourth-order valence-electron chi connectivity index (χ4n) is 1.90. The van der Waals surface area contributed by atoms with Crippen molar-refractivity contribution in [2.24, 2.45) is 0 Å². The second kappa shape index (κ2) is 7.25. The van der Waals surface area contributed by atoms with Crippen LogP contribution in [0.5, 0.6) is 5.75 Å². The van der Waals surface area contributed by atoms with Crippen LogP contribution in [0.1, 0.15) is 19.1 Å². The first-order chi connectivity index (χ1) is 10.9. The van der Waals surface area contributed by atoms with Crippen molar-refractivity contribution < 1.29 is 14.2 Å². The van der Waals surface area contributed by atoms with Crippen LogP contribution in [0.3, 0.4) is 0 Å². The number of pyridine rings is 1. The molecule has 1 unspecified atom stereocenters. The van der Waals surface area contributed by atoms with Gasteiger partial charge in [-0.05, 0) is 12.8 Å². The third-order valence-corrected chi connectivity index (χ3v) is 3.30. The maximum atomic E-state index is 12.9. The Balaban J connectivity index is 0.000000185. The molecule has 3 rings (SSSR count). The second-order valence-corrected chi connectivity index (χ2v) is 5.05. The summed E-state index contributed by atoms with van der Waals surface area (Å²) in [6, 6.07) is 1.02. The molecule has 2 aromatic rings. The topological polar surface area (TPSA) is 117 Å². The molecule has 0 bridgehead atoms. The van der Waals surface area contributed by atoms with Crippen molar-refractivity contribution in [1.29, 1.82) is 0 Å². The van der Waals surface area contributed by atoms with Crippen molar-refractivity contribution in [3.05, 3.63) is 60.5 Å². The van der Waals surface area contributed by atoms with E-state index >= 15 is 0 Å². The Hall–Kier alpha value is -2.39. The summed E-state index contributed by atoms with van der Waals surface area (Å²) in [6.45, 7) is 0.553. The Kier molecular flexibility index (Phi) is 5.35. The third kappa shape index (κ3) is 4.30. The van der Waals surface area contributed by atoms with Gasteiger partial charge in [0.1, 0.15) is 12.0 Å². The fourth-order valence-corrected chi connectivity index (χ4v) is 2.01. The van der Waals surface area contributed by atoms with Crippen LogP contribution in [0.15, 0.2) is 32.8 Å². The minimum atomic E-state index is -0.996. The average Bonchev–Trinajstić information content (AvgIpc) is 3.02. The standard InChI is InChI=1S/C8H9FN2O3.C5H4ClNO2/c9-5-4-11(6-2-1-3-14-6)8(13)10-7(5)12;6-3-2-7-5(9)1-4(3)8/h4,6H,1-3H2,(H,10,12,13);1-2H,(H2,7,8,9). The summed E-state index contributed by atoms with van der Waals surface area (Å²) in [4.78, 5) is 36.5. The zero-order valence-electron chi connectivity index (χ0n) is 11.7. The highest BCUT2D eigenvalue weighted by molar-refractivity contribution is 6.31. The molecular weight excluding hydrogens is 333 g/mol. The molecule has 124 valence electrons. The van der Waals surface area contributed by atoms with Gasteiger partial charge in [-0.3, -0.25) is 19.1 Å². The van der Waals surface area contributed by atoms with Crippen molar-refractivity contribution in [2.45, 2.75) is 19.1 Å². The number of nitrogens with zero attached hydrogens (tertiary/aromatic N) is 1. The first-order valence-electron chi connectivity index (χ1n) is 6.58. The Morgan fingerprint density at radius 2 is 2.13 bits per heavy atom. The molecule has 0 amide bonds. The summed E-state index contributed by atoms with van der Waals surface area (Å²) in [6.07, 6.45) is 3.16. The quantitative estimate of drug-likeness (QED) is 0.704. The lowest BCUT2D eigenvalue weighted by Gasteiger charge is -2.11. The monoisotopic (exact) mass is 345 g/mol. The van der Waals surface area contributed by atoms with Crippen LogP contribution in [0.2, 0.25) is 5.02 Å². The number of aromatic amines is 2. The molecule has 8 nitrogen and oxygen atoms in total. The molecule has 10 heteroatoms. The molecule has 0 spiro atoms. The van der Waals surface area contributed by atoms with Crippen LogP contribution >= 0.6 is 11.6 Å². The number of aromatic nitrogens is 3. The van der Waals surface area contributed by atoms with E-state index in [2.05, 4.69) is 4.98 Å². The highest BCUT2D eigenvalue weighted by Crippen LogP contribution is 2.20. The van der Waals surface area contributed by atoms with E-state index in [9.17, 15) is 18.8 Å². The molecule has 0 aromatic carbocycles. The van der Waals surface area contributed by atoms with Gasteiger partial charge in [-0.25, -0.2) is 4.79 Å². The minimum absolute atomic E-state index is 0.148. The van der Waals surface area contributed by atoms with E-state index in [1.165, 1.54) is 6.20 Å². The maximum absolute atomic E-state index is 12.9. The number of H-pyrrole nitrogens is 2. The summed E-state index contributed by atoms with van der Waals surface area (Å²) in [5.74, 6) is -1.17. The smallest absolute Gasteiger partial charge is 0.330 e. The van der Waals surface area contributed by atoms with Crippen molar-refractivity contribution in [3.63, 3.8) is 0 Å². The minimum Gasteiger partial charge on any atom is -0.506 e. The van der Waals surface area contributed by atoms with Gasteiger partial charge in [0.2, 0.25) is 5.82 Å². The van der Waals surface area contributed by atoms with Crippen molar-refractivity contribution in [3.8, 4) is 5.75 Å². The zero-order chi connectivity index (χ0) is 17.0. The average molecular weight is 346 g/mol. The first-order valence-corrected chi connectivity index (χ1v) is 6.96. The predicted octanol–water partition coefficient (Wildman–Crippen LogP) is 0.719. The number of hydrogen-bond acceptors (Lipinski definition) is 5. The molecule has 23 heavy (non-hydrogen) atoms. The molecule has 2 aromatic heterocycles. The molecule has 1 atom stereocenters. The molecule has 1 saturated heterocycles. The molecule has 0 radical (unpaired) electrons. The Bertz CT molecular complexity index is 854. The Labute approximate surface area is 133 Å². The maximum Gasteiger partial charge on any atom is 0.330 e. The number of halogens is 2. The van der Waals surface area contributed by atoms with E-state index in [1.807, 2.05) is 4.98 Å². The molecule has 0 aliphatic carbocycles. The number of rotatable bonds is 1. The van der Waals surface area contributed by atoms with E-state index in [4.69, 9.17) is 21.4 Å².